The molecular weight excluding hydrogens is 646 g/mol. The Balaban J connectivity index is 1.19. The summed E-state index contributed by atoms with van der Waals surface area (Å²) in [5.41, 5.74) is 2.14. The Morgan fingerprint density at radius 3 is 2.04 bits per heavy atom. The SMILES string of the molecule is COc1nc(NC(=O)OC(C)(C)C)c2ncn([C@H]3[C@@H]4OC(C)(C)O[C@@H]4[C@]4(COC(c5ccccc5)(c5ccccc5)c5ccccc5)C[C@H]34)c2n1. The molecule has 1 amide bonds. The van der Waals surface area contributed by atoms with Gasteiger partial charge in [0.2, 0.25) is 0 Å². The maximum atomic E-state index is 12.8. The predicted molar refractivity (Wildman–Crippen MR) is 190 cm³/mol. The van der Waals surface area contributed by atoms with Crippen molar-refractivity contribution in [1.29, 1.82) is 0 Å². The second-order valence-corrected chi connectivity index (χ2v) is 15.1. The predicted octanol–water partition coefficient (Wildman–Crippen LogP) is 7.27. The quantitative estimate of drug-likeness (QED) is 0.159. The van der Waals surface area contributed by atoms with Crippen LogP contribution in [0.3, 0.4) is 0 Å². The van der Waals surface area contributed by atoms with Crippen molar-refractivity contribution in [2.24, 2.45) is 11.3 Å². The molecular formula is C40H43N5O6. The summed E-state index contributed by atoms with van der Waals surface area (Å²) in [6.45, 7) is 9.73. The molecule has 0 radical (unpaired) electrons. The molecule has 11 nitrogen and oxygen atoms in total. The topological polar surface area (TPSA) is 119 Å². The number of hydrogen-bond acceptors (Lipinski definition) is 9. The lowest BCUT2D eigenvalue weighted by molar-refractivity contribution is -0.166. The van der Waals surface area contributed by atoms with Crippen molar-refractivity contribution >= 4 is 23.1 Å². The number of aromatic nitrogens is 4. The Kier molecular flexibility index (Phi) is 7.93. The van der Waals surface area contributed by atoms with E-state index in [4.69, 9.17) is 33.7 Å². The minimum Gasteiger partial charge on any atom is -0.467 e. The van der Waals surface area contributed by atoms with E-state index in [0.717, 1.165) is 23.1 Å². The zero-order valence-electron chi connectivity index (χ0n) is 29.7. The van der Waals surface area contributed by atoms with E-state index < -0.39 is 23.1 Å². The van der Waals surface area contributed by atoms with Gasteiger partial charge in [-0.15, -0.1) is 0 Å². The van der Waals surface area contributed by atoms with Gasteiger partial charge in [-0.25, -0.2) is 9.78 Å². The van der Waals surface area contributed by atoms with E-state index in [0.29, 0.717) is 17.8 Å². The highest BCUT2D eigenvalue weighted by atomic mass is 16.8. The van der Waals surface area contributed by atoms with E-state index in [1.807, 2.05) is 36.6 Å². The highest BCUT2D eigenvalue weighted by Gasteiger charge is 2.76. The van der Waals surface area contributed by atoms with Gasteiger partial charge in [0.15, 0.2) is 22.8 Å². The van der Waals surface area contributed by atoms with E-state index in [2.05, 4.69) is 83.1 Å². The molecule has 0 unspecified atom stereocenters. The van der Waals surface area contributed by atoms with Crippen LogP contribution < -0.4 is 10.1 Å². The van der Waals surface area contributed by atoms with Gasteiger partial charge < -0.3 is 28.3 Å². The fraction of sp³-hybridized carbons (Fsp3) is 0.400. The number of methoxy groups -OCH3 is 1. The van der Waals surface area contributed by atoms with Crippen molar-refractivity contribution in [3.63, 3.8) is 0 Å². The molecule has 2 saturated carbocycles. The molecule has 3 aromatic carbocycles. The number of imidazole rings is 1. The summed E-state index contributed by atoms with van der Waals surface area (Å²) >= 11 is 0. The maximum absolute atomic E-state index is 12.8. The van der Waals surface area contributed by atoms with Crippen molar-refractivity contribution in [2.75, 3.05) is 19.0 Å². The van der Waals surface area contributed by atoms with Crippen molar-refractivity contribution < 1.29 is 28.5 Å². The van der Waals surface area contributed by atoms with Crippen LogP contribution in [0.1, 0.15) is 63.8 Å². The number of benzene rings is 3. The van der Waals surface area contributed by atoms with Crippen molar-refractivity contribution in [3.05, 3.63) is 114 Å². The number of anilines is 1. The summed E-state index contributed by atoms with van der Waals surface area (Å²) < 4.78 is 33.9. The zero-order valence-corrected chi connectivity index (χ0v) is 29.7. The summed E-state index contributed by atoms with van der Waals surface area (Å²) in [6.07, 6.45) is 1.40. The molecule has 1 saturated heterocycles. The van der Waals surface area contributed by atoms with Gasteiger partial charge in [-0.1, -0.05) is 91.0 Å². The number of rotatable bonds is 9. The third-order valence-corrected chi connectivity index (χ3v) is 10.2. The average Bonchev–Trinajstić information content (AvgIpc) is 3.37. The first kappa shape index (κ1) is 33.3. The first-order chi connectivity index (χ1) is 24.4. The number of carbonyl (C=O) groups is 1. The van der Waals surface area contributed by atoms with Crippen LogP contribution in [-0.2, 0) is 24.5 Å². The number of amides is 1. The smallest absolute Gasteiger partial charge is 0.413 e. The fourth-order valence-electron chi connectivity index (χ4n) is 8.16. The van der Waals surface area contributed by atoms with E-state index in [1.54, 1.807) is 27.1 Å². The third kappa shape index (κ3) is 5.73. The van der Waals surface area contributed by atoms with Gasteiger partial charge in [-0.2, -0.15) is 9.97 Å². The second-order valence-electron chi connectivity index (χ2n) is 15.1. The van der Waals surface area contributed by atoms with Crippen LogP contribution in [0.15, 0.2) is 97.3 Å². The molecule has 5 atom stereocenters. The summed E-state index contributed by atoms with van der Waals surface area (Å²) in [4.78, 5) is 26.6. The molecule has 11 heteroatoms. The molecule has 3 heterocycles. The number of nitrogens with zero attached hydrogens (tertiary/aromatic N) is 4. The van der Waals surface area contributed by atoms with Crippen molar-refractivity contribution in [3.8, 4) is 6.01 Å². The van der Waals surface area contributed by atoms with E-state index in [-0.39, 0.29) is 41.4 Å². The molecule has 2 aliphatic carbocycles. The molecule has 264 valence electrons. The van der Waals surface area contributed by atoms with Crippen LogP contribution in [0.4, 0.5) is 10.6 Å². The number of ether oxygens (including phenoxy) is 5. The minimum absolute atomic E-state index is 0.0949. The third-order valence-electron chi connectivity index (χ3n) is 10.2. The van der Waals surface area contributed by atoms with Crippen LogP contribution in [0, 0.1) is 11.3 Å². The maximum Gasteiger partial charge on any atom is 0.413 e. The molecule has 8 rings (SSSR count). The molecule has 1 N–H and O–H groups in total. The molecule has 0 bridgehead atoms. The fourth-order valence-corrected chi connectivity index (χ4v) is 8.16. The molecule has 5 aromatic rings. The van der Waals surface area contributed by atoms with E-state index in [1.165, 1.54) is 7.11 Å². The van der Waals surface area contributed by atoms with E-state index in [9.17, 15) is 4.79 Å². The standard InChI is InChI=1S/C40H43N5O6/c1-37(2,3)51-36(46)43-33-29-34(44-35(42-33)47-6)45(24-41-29)30-28-22-39(28,32-31(30)49-38(4,5)50-32)23-48-40(25-16-10-7-11-17-25,26-18-12-8-13-19-26)27-20-14-9-15-21-27/h7-21,24,28,30-32H,22-23H2,1-6H3,(H,42,43,44,46)/t28-,30-,31+,32+,39+/m1/s1. The first-order valence-corrected chi connectivity index (χ1v) is 17.4. The summed E-state index contributed by atoms with van der Waals surface area (Å²) in [7, 11) is 1.49. The minimum atomic E-state index is -0.876. The lowest BCUT2D eigenvalue weighted by Crippen LogP contribution is -2.39. The van der Waals surface area contributed by atoms with Crippen molar-refractivity contribution in [2.45, 2.75) is 76.3 Å². The summed E-state index contributed by atoms with van der Waals surface area (Å²) in [5.74, 6) is -0.480. The van der Waals surface area contributed by atoms with Gasteiger partial charge in [0, 0.05) is 5.41 Å². The molecule has 51 heavy (non-hydrogen) atoms. The molecule has 3 fully saturated rings. The van der Waals surface area contributed by atoms with E-state index >= 15 is 0 Å². The molecule has 2 aromatic heterocycles. The first-order valence-electron chi connectivity index (χ1n) is 17.4. The number of fused-ring (bicyclic) bond motifs is 4. The summed E-state index contributed by atoms with van der Waals surface area (Å²) in [6, 6.07) is 31.1. The lowest BCUT2D eigenvalue weighted by atomic mass is 9.80. The van der Waals surface area contributed by atoms with Gasteiger partial charge in [0.1, 0.15) is 17.3 Å². The van der Waals surface area contributed by atoms with Crippen LogP contribution in [0.25, 0.3) is 11.2 Å². The largest absolute Gasteiger partial charge is 0.467 e. The van der Waals surface area contributed by atoms with Crippen LogP contribution in [0.5, 0.6) is 6.01 Å². The Morgan fingerprint density at radius 1 is 0.902 bits per heavy atom. The van der Waals surface area contributed by atoms with Gasteiger partial charge in [-0.05, 0) is 63.6 Å². The number of hydrogen-bond donors (Lipinski definition) is 1. The van der Waals surface area contributed by atoms with Crippen LogP contribution in [0.2, 0.25) is 0 Å². The number of carbonyl (C=O) groups excluding carboxylic acids is 1. The Morgan fingerprint density at radius 2 is 1.49 bits per heavy atom. The van der Waals surface area contributed by atoms with Crippen LogP contribution >= 0.6 is 0 Å². The van der Waals surface area contributed by atoms with Crippen LogP contribution in [-0.4, -0.2) is 62.9 Å². The molecule has 0 spiro atoms. The summed E-state index contributed by atoms with van der Waals surface area (Å²) in [5, 5.41) is 2.75. The zero-order chi connectivity index (χ0) is 35.6. The van der Waals surface area contributed by atoms with Gasteiger partial charge in [0.05, 0.1) is 32.2 Å². The molecule has 1 aliphatic heterocycles. The highest BCUT2D eigenvalue weighted by molar-refractivity contribution is 5.94. The Bertz CT molecular complexity index is 1950. The Hall–Kier alpha value is -4.84. The van der Waals surface area contributed by atoms with Gasteiger partial charge in [-0.3, -0.25) is 5.32 Å². The monoisotopic (exact) mass is 689 g/mol. The normalized spacial score (nSPS) is 24.9. The van der Waals surface area contributed by atoms with Gasteiger partial charge >= 0.3 is 12.1 Å². The average molecular weight is 690 g/mol. The number of nitrogens with one attached hydrogen (secondary N) is 1. The van der Waals surface area contributed by atoms with Gasteiger partial charge in [0.25, 0.3) is 0 Å². The highest BCUT2D eigenvalue weighted by Crippen LogP contribution is 2.72. The molecule has 3 aliphatic rings. The second kappa shape index (κ2) is 12.1. The Labute approximate surface area is 297 Å². The lowest BCUT2D eigenvalue weighted by Gasteiger charge is -2.38. The van der Waals surface area contributed by atoms with Crippen molar-refractivity contribution in [1.82, 2.24) is 19.5 Å².